The van der Waals surface area contributed by atoms with Gasteiger partial charge in [-0.1, -0.05) is 275 Å². The fourth-order valence-corrected chi connectivity index (χ4v) is 10.7. The Labute approximate surface area is 551 Å². The molecule has 9 N–H and O–H groups in total. The third-order valence-electron chi connectivity index (χ3n) is 16.3. The molecule has 14 heteroatoms. The Bertz CT molecular complexity index is 2090. The van der Waals surface area contributed by atoms with Crippen LogP contribution in [0.2, 0.25) is 0 Å². The molecule has 2 rings (SSSR count). The first-order valence-electron chi connectivity index (χ1n) is 35.6. The summed E-state index contributed by atoms with van der Waals surface area (Å²) < 4.78 is 22.9. The van der Waals surface area contributed by atoms with Crippen LogP contribution in [-0.4, -0.2) is 140 Å². The summed E-state index contributed by atoms with van der Waals surface area (Å²) >= 11 is 0. The van der Waals surface area contributed by atoms with Crippen molar-refractivity contribution in [3.8, 4) is 0 Å². The van der Waals surface area contributed by atoms with Crippen LogP contribution >= 0.6 is 0 Å². The van der Waals surface area contributed by atoms with E-state index in [0.29, 0.717) is 12.8 Å². The van der Waals surface area contributed by atoms with Crippen molar-refractivity contribution < 1.29 is 64.6 Å². The van der Waals surface area contributed by atoms with Crippen LogP contribution in [0.3, 0.4) is 0 Å². The predicted molar refractivity (Wildman–Crippen MR) is 373 cm³/mol. The molecular formula is C77H127NO13. The van der Waals surface area contributed by atoms with Crippen LogP contribution in [0.4, 0.5) is 0 Å². The van der Waals surface area contributed by atoms with Gasteiger partial charge in [-0.3, -0.25) is 4.79 Å². The molecule has 2 aliphatic rings. The molecular weight excluding hydrogens is 1150 g/mol. The normalized spacial score (nSPS) is 23.7. The smallest absolute Gasteiger partial charge is 0.220 e. The lowest BCUT2D eigenvalue weighted by Crippen LogP contribution is -2.65. The average molecular weight is 1270 g/mol. The molecule has 0 saturated carbocycles. The summed E-state index contributed by atoms with van der Waals surface area (Å²) in [5.74, 6) is -0.236. The monoisotopic (exact) mass is 1270 g/mol. The summed E-state index contributed by atoms with van der Waals surface area (Å²) in [4.78, 5) is 13.3. The van der Waals surface area contributed by atoms with Crippen LogP contribution in [0.25, 0.3) is 0 Å². The first kappa shape index (κ1) is 83.0. The van der Waals surface area contributed by atoms with E-state index in [2.05, 4.69) is 165 Å². The van der Waals surface area contributed by atoms with Crippen molar-refractivity contribution in [2.24, 2.45) is 0 Å². The number of hydrogen-bond donors (Lipinski definition) is 9. The van der Waals surface area contributed by atoms with Crippen LogP contribution in [0.15, 0.2) is 146 Å². The van der Waals surface area contributed by atoms with Gasteiger partial charge in [0.25, 0.3) is 0 Å². The number of nitrogens with one attached hydrogen (secondary N) is 1. The molecule has 2 heterocycles. The number of allylic oxidation sites excluding steroid dienone is 24. The van der Waals surface area contributed by atoms with Gasteiger partial charge in [0.1, 0.15) is 48.8 Å². The molecule has 1 amide bonds. The second kappa shape index (κ2) is 59.6. The van der Waals surface area contributed by atoms with Gasteiger partial charge in [0, 0.05) is 6.42 Å². The van der Waals surface area contributed by atoms with Crippen molar-refractivity contribution in [3.63, 3.8) is 0 Å². The third-order valence-corrected chi connectivity index (χ3v) is 16.3. The van der Waals surface area contributed by atoms with E-state index in [1.165, 1.54) is 77.0 Å². The third kappa shape index (κ3) is 43.5. The van der Waals surface area contributed by atoms with Crippen LogP contribution in [-0.2, 0) is 23.7 Å². The summed E-state index contributed by atoms with van der Waals surface area (Å²) in [5.41, 5.74) is 0. The van der Waals surface area contributed by atoms with Crippen LogP contribution < -0.4 is 5.32 Å². The molecule has 0 aromatic carbocycles. The highest BCUT2D eigenvalue weighted by molar-refractivity contribution is 5.76. The Morgan fingerprint density at radius 3 is 1.16 bits per heavy atom. The zero-order chi connectivity index (χ0) is 65.9. The Balaban J connectivity index is 1.65. The second-order valence-electron chi connectivity index (χ2n) is 24.3. The molecule has 0 radical (unpaired) electrons. The van der Waals surface area contributed by atoms with Crippen molar-refractivity contribution >= 4 is 5.91 Å². The largest absolute Gasteiger partial charge is 0.394 e. The number of unbranched alkanes of at least 4 members (excludes halogenated alkanes) is 19. The summed E-state index contributed by atoms with van der Waals surface area (Å²) in [7, 11) is 0. The quantitative estimate of drug-likeness (QED) is 0.0204. The summed E-state index contributed by atoms with van der Waals surface area (Å²) in [6, 6.07) is -0.854. The van der Waals surface area contributed by atoms with Crippen LogP contribution in [0.5, 0.6) is 0 Å². The molecule has 2 fully saturated rings. The SMILES string of the molecule is CC/C=C\C/C=C\C/C=C\C/C=C\C/C=C\C/C=C\C/C=C\C/C=C\C/C=C\C/C=C\C/C=C\C/C=C\CCCCCCC(=O)NC(COC1OC(CO)C(OC2OC(CO)C(O)C(O)C2O)C(O)C1O)C(O)CCCCCCCCCCCCCCCCCC. The van der Waals surface area contributed by atoms with Gasteiger partial charge in [0.05, 0.1) is 32.0 Å². The van der Waals surface area contributed by atoms with Gasteiger partial charge in [0.15, 0.2) is 12.6 Å². The second-order valence-corrected chi connectivity index (χ2v) is 24.3. The van der Waals surface area contributed by atoms with Gasteiger partial charge in [-0.25, -0.2) is 0 Å². The number of aliphatic hydroxyl groups is 8. The Kier molecular flexibility index (Phi) is 54.3. The van der Waals surface area contributed by atoms with Gasteiger partial charge < -0.3 is 65.1 Å². The minimum Gasteiger partial charge on any atom is -0.394 e. The topological polar surface area (TPSA) is 228 Å². The van der Waals surface area contributed by atoms with E-state index in [1.54, 1.807) is 0 Å². The maximum atomic E-state index is 13.3. The van der Waals surface area contributed by atoms with Gasteiger partial charge in [-0.2, -0.15) is 0 Å². The van der Waals surface area contributed by atoms with Crippen molar-refractivity contribution in [1.29, 1.82) is 0 Å². The molecule has 0 aromatic rings. The number of carbonyl (C=O) groups excluding carboxylic acids is 1. The Hall–Kier alpha value is -4.13. The number of amides is 1. The van der Waals surface area contributed by atoms with Crippen molar-refractivity contribution in [2.75, 3.05) is 19.8 Å². The average Bonchev–Trinajstić information content (AvgIpc) is 1.24. The molecule has 14 nitrogen and oxygen atoms in total. The lowest BCUT2D eigenvalue weighted by atomic mass is 9.97. The van der Waals surface area contributed by atoms with E-state index in [1.807, 2.05) is 0 Å². The highest BCUT2D eigenvalue weighted by Gasteiger charge is 2.51. The molecule has 0 bridgehead atoms. The number of hydrogen-bond acceptors (Lipinski definition) is 13. The van der Waals surface area contributed by atoms with E-state index in [9.17, 15) is 45.6 Å². The standard InChI is InChI=1S/C77H127NO13/c1-3-5-7-9-11-13-15-17-19-21-22-23-24-25-26-27-28-29-30-31-32-33-34-35-36-37-38-39-40-41-42-43-44-45-47-49-51-53-55-57-59-61-69(82)78-65(66(81)60-58-56-54-52-50-48-46-20-18-16-14-12-10-8-6-4-2)64-88-76-74(87)72(85)75(68(63-80)90-76)91-77-73(86)71(84)70(83)67(62-79)89-77/h5,7,11,13,17,19,22-23,25-26,28-29,31-32,34-35,37-38,40-41,43-44,47,49,65-68,70-77,79-81,83-87H,3-4,6,8-10,12,14-16,18,20-21,24,27,30,33,36,39,42,45-46,48,50-64H2,1-2H3,(H,78,82)/b7-5-,13-11-,19-17-,23-22-,26-25-,29-28-,32-31-,35-34-,38-37-,41-40-,44-43-,49-47-. The molecule has 12 atom stereocenters. The van der Waals surface area contributed by atoms with Crippen LogP contribution in [0.1, 0.15) is 239 Å². The number of rotatable bonds is 56. The van der Waals surface area contributed by atoms with E-state index in [4.69, 9.17) is 18.9 Å². The molecule has 518 valence electrons. The number of carbonyl (C=O) groups is 1. The van der Waals surface area contributed by atoms with Gasteiger partial charge in [0.2, 0.25) is 5.91 Å². The maximum absolute atomic E-state index is 13.3. The zero-order valence-electron chi connectivity index (χ0n) is 56.3. The zero-order valence-corrected chi connectivity index (χ0v) is 56.3. The molecule has 0 spiro atoms. The highest BCUT2D eigenvalue weighted by Crippen LogP contribution is 2.30. The maximum Gasteiger partial charge on any atom is 0.220 e. The van der Waals surface area contributed by atoms with Crippen molar-refractivity contribution in [2.45, 2.75) is 312 Å². The summed E-state index contributed by atoms with van der Waals surface area (Å²) in [5, 5.41) is 87.5. The molecule has 2 saturated heterocycles. The number of ether oxygens (including phenoxy) is 4. The lowest BCUT2D eigenvalue weighted by Gasteiger charge is -2.46. The van der Waals surface area contributed by atoms with Gasteiger partial charge >= 0.3 is 0 Å². The molecule has 12 unspecified atom stereocenters. The molecule has 91 heavy (non-hydrogen) atoms. The summed E-state index contributed by atoms with van der Waals surface area (Å²) in [6.45, 7) is 2.72. The predicted octanol–water partition coefficient (Wildman–Crippen LogP) is 14.8. The Morgan fingerprint density at radius 1 is 0.407 bits per heavy atom. The van der Waals surface area contributed by atoms with Crippen molar-refractivity contribution in [1.82, 2.24) is 5.32 Å². The van der Waals surface area contributed by atoms with Gasteiger partial charge in [-0.05, 0) is 103 Å². The Morgan fingerprint density at radius 2 is 0.758 bits per heavy atom. The highest BCUT2D eigenvalue weighted by atomic mass is 16.7. The minimum absolute atomic E-state index is 0.236. The summed E-state index contributed by atoms with van der Waals surface area (Å²) in [6.07, 6.45) is 72.9. The van der Waals surface area contributed by atoms with Gasteiger partial charge in [-0.15, -0.1) is 0 Å². The first-order chi connectivity index (χ1) is 44.6. The minimum atomic E-state index is -1.79. The van der Waals surface area contributed by atoms with Crippen molar-refractivity contribution in [3.05, 3.63) is 146 Å². The molecule has 2 aliphatic heterocycles. The van der Waals surface area contributed by atoms with E-state index in [-0.39, 0.29) is 18.9 Å². The first-order valence-corrected chi connectivity index (χ1v) is 35.6. The van der Waals surface area contributed by atoms with E-state index < -0.39 is 86.8 Å². The lowest BCUT2D eigenvalue weighted by molar-refractivity contribution is -0.359. The van der Waals surface area contributed by atoms with E-state index in [0.717, 1.165) is 128 Å². The molecule has 0 aromatic heterocycles. The fraction of sp³-hybridized carbons (Fsp3) is 0.675. The van der Waals surface area contributed by atoms with Crippen LogP contribution in [0, 0.1) is 0 Å². The molecule has 0 aliphatic carbocycles. The number of aliphatic hydroxyl groups excluding tert-OH is 8. The van der Waals surface area contributed by atoms with E-state index >= 15 is 0 Å². The fourth-order valence-electron chi connectivity index (χ4n) is 10.7.